The average molecular weight is 522 g/mol. The van der Waals surface area contributed by atoms with Crippen LogP contribution in [-0.2, 0) is 19.6 Å². The van der Waals surface area contributed by atoms with Crippen LogP contribution in [0, 0.1) is 0 Å². The van der Waals surface area contributed by atoms with Gasteiger partial charge in [-0.25, -0.2) is 8.42 Å². The number of ether oxygens (including phenoxy) is 4. The summed E-state index contributed by atoms with van der Waals surface area (Å²) in [4.78, 5) is 13.5. The zero-order valence-corrected chi connectivity index (χ0v) is 22.4. The number of morpholine rings is 1. The number of benzene rings is 2. The van der Waals surface area contributed by atoms with E-state index in [0.717, 1.165) is 0 Å². The van der Waals surface area contributed by atoms with Gasteiger partial charge in [0, 0.05) is 24.3 Å². The molecule has 198 valence electrons. The molecule has 1 fully saturated rings. The maximum Gasteiger partial charge on any atom is 0.247 e. The van der Waals surface area contributed by atoms with Gasteiger partial charge in [-0.3, -0.25) is 4.79 Å². The number of methoxy groups -OCH3 is 3. The van der Waals surface area contributed by atoms with Crippen molar-refractivity contribution in [1.29, 1.82) is 0 Å². The van der Waals surface area contributed by atoms with Gasteiger partial charge in [0.2, 0.25) is 21.7 Å². The smallest absolute Gasteiger partial charge is 0.247 e. The van der Waals surface area contributed by atoms with Gasteiger partial charge in [0.1, 0.15) is 6.04 Å². The van der Waals surface area contributed by atoms with E-state index in [2.05, 4.69) is 10.6 Å². The molecule has 0 aliphatic carbocycles. The Bertz CT molecular complexity index is 1130. The highest BCUT2D eigenvalue weighted by Crippen LogP contribution is 2.40. The summed E-state index contributed by atoms with van der Waals surface area (Å²) in [7, 11) is 0.895. The van der Waals surface area contributed by atoms with E-state index in [4.69, 9.17) is 18.9 Å². The summed E-state index contributed by atoms with van der Waals surface area (Å²) in [6, 6.07) is 8.92. The summed E-state index contributed by atoms with van der Waals surface area (Å²) in [6.45, 7) is 7.06. The second kappa shape index (κ2) is 11.4. The number of rotatable bonds is 9. The molecule has 0 saturated carbocycles. The molecule has 2 N–H and O–H groups in total. The highest BCUT2D eigenvalue weighted by atomic mass is 32.2. The summed E-state index contributed by atoms with van der Waals surface area (Å²) in [5.41, 5.74) is 0.670. The monoisotopic (exact) mass is 521 g/mol. The van der Waals surface area contributed by atoms with E-state index in [1.807, 2.05) is 20.8 Å². The van der Waals surface area contributed by atoms with Crippen molar-refractivity contribution in [2.24, 2.45) is 0 Å². The number of nitrogens with one attached hydrogen (secondary N) is 2. The van der Waals surface area contributed by atoms with Crippen molar-refractivity contribution < 1.29 is 32.2 Å². The lowest BCUT2D eigenvalue weighted by Gasteiger charge is -2.27. The van der Waals surface area contributed by atoms with Crippen LogP contribution in [0.25, 0.3) is 0 Å². The standard InChI is InChI=1S/C25H35N3O7S/c1-25(2,3)27-24(29)22(17-15-20(32-4)23(34-6)21(16-17)33-5)26-18-7-9-19(10-8-18)36(30,31)28-11-13-35-14-12-28/h7-10,15-16,22,26H,11-14H2,1-6H3,(H,27,29). The third-order valence-electron chi connectivity index (χ3n) is 5.55. The molecule has 10 nitrogen and oxygen atoms in total. The fraction of sp³-hybridized carbons (Fsp3) is 0.480. The zero-order chi connectivity index (χ0) is 26.5. The third kappa shape index (κ3) is 6.40. The van der Waals surface area contributed by atoms with Gasteiger partial charge in [-0.15, -0.1) is 0 Å². The van der Waals surface area contributed by atoms with Crippen molar-refractivity contribution in [3.05, 3.63) is 42.0 Å². The summed E-state index contributed by atoms with van der Waals surface area (Å²) in [5.74, 6) is 0.960. The molecule has 36 heavy (non-hydrogen) atoms. The fourth-order valence-corrected chi connectivity index (χ4v) is 5.24. The minimum atomic E-state index is -3.63. The van der Waals surface area contributed by atoms with Crippen LogP contribution < -0.4 is 24.8 Å². The van der Waals surface area contributed by atoms with Gasteiger partial charge < -0.3 is 29.6 Å². The molecule has 2 aromatic rings. The minimum absolute atomic E-state index is 0.179. The first-order valence-electron chi connectivity index (χ1n) is 11.6. The van der Waals surface area contributed by atoms with Crippen molar-refractivity contribution >= 4 is 21.6 Å². The molecule has 0 bridgehead atoms. The van der Waals surface area contributed by atoms with Gasteiger partial charge >= 0.3 is 0 Å². The molecule has 1 atom stereocenters. The predicted molar refractivity (Wildman–Crippen MR) is 136 cm³/mol. The first-order valence-corrected chi connectivity index (χ1v) is 13.0. The highest BCUT2D eigenvalue weighted by Gasteiger charge is 2.29. The second-order valence-electron chi connectivity index (χ2n) is 9.32. The van der Waals surface area contributed by atoms with Gasteiger partial charge in [0.15, 0.2) is 11.5 Å². The molecule has 1 heterocycles. The van der Waals surface area contributed by atoms with E-state index in [0.29, 0.717) is 54.8 Å². The molecule has 1 saturated heterocycles. The lowest BCUT2D eigenvalue weighted by molar-refractivity contribution is -0.123. The molecular formula is C25H35N3O7S. The number of carbonyl (C=O) groups is 1. The number of hydrogen-bond acceptors (Lipinski definition) is 8. The Hall–Kier alpha value is -3.02. The Morgan fingerprint density at radius 2 is 1.53 bits per heavy atom. The van der Waals surface area contributed by atoms with E-state index >= 15 is 0 Å². The maximum atomic E-state index is 13.3. The Labute approximate surface area is 212 Å². The molecule has 1 unspecified atom stereocenters. The normalized spacial score (nSPS) is 15.6. The van der Waals surface area contributed by atoms with Crippen molar-refractivity contribution in [2.75, 3.05) is 52.9 Å². The fourth-order valence-electron chi connectivity index (χ4n) is 3.84. The van der Waals surface area contributed by atoms with Gasteiger partial charge in [-0.05, 0) is 62.7 Å². The molecule has 0 spiro atoms. The Morgan fingerprint density at radius 1 is 0.972 bits per heavy atom. The van der Waals surface area contributed by atoms with Crippen LogP contribution in [0.3, 0.4) is 0 Å². The maximum absolute atomic E-state index is 13.3. The average Bonchev–Trinajstić information content (AvgIpc) is 2.86. The molecule has 1 aliphatic heterocycles. The van der Waals surface area contributed by atoms with Crippen LogP contribution >= 0.6 is 0 Å². The number of nitrogens with zero attached hydrogens (tertiary/aromatic N) is 1. The predicted octanol–water partition coefficient (Wildman–Crippen LogP) is 2.80. The molecule has 0 radical (unpaired) electrons. The van der Waals surface area contributed by atoms with Gasteiger partial charge in [-0.2, -0.15) is 4.31 Å². The van der Waals surface area contributed by atoms with Crippen LogP contribution in [0.5, 0.6) is 17.2 Å². The third-order valence-corrected chi connectivity index (χ3v) is 7.47. The van der Waals surface area contributed by atoms with Crippen molar-refractivity contribution in [1.82, 2.24) is 9.62 Å². The van der Waals surface area contributed by atoms with Crippen molar-refractivity contribution in [3.8, 4) is 17.2 Å². The summed E-state index contributed by atoms with van der Waals surface area (Å²) >= 11 is 0. The molecule has 11 heteroatoms. The molecule has 0 aromatic heterocycles. The molecule has 1 amide bonds. The SMILES string of the molecule is COc1cc(C(Nc2ccc(S(=O)(=O)N3CCOCC3)cc2)C(=O)NC(C)(C)C)cc(OC)c1OC. The lowest BCUT2D eigenvalue weighted by Crippen LogP contribution is -2.44. The van der Waals surface area contributed by atoms with Crippen LogP contribution in [0.2, 0.25) is 0 Å². The Balaban J connectivity index is 1.95. The number of sulfonamides is 1. The largest absolute Gasteiger partial charge is 0.493 e. The van der Waals surface area contributed by atoms with E-state index in [-0.39, 0.29) is 10.8 Å². The Morgan fingerprint density at radius 3 is 2.00 bits per heavy atom. The molecule has 3 rings (SSSR count). The van der Waals surface area contributed by atoms with Crippen LogP contribution in [0.4, 0.5) is 5.69 Å². The van der Waals surface area contributed by atoms with Crippen LogP contribution in [-0.4, -0.2) is 71.8 Å². The second-order valence-corrected chi connectivity index (χ2v) is 11.3. The quantitative estimate of drug-likeness (QED) is 0.518. The summed E-state index contributed by atoms with van der Waals surface area (Å²) in [6.07, 6.45) is 0. The topological polar surface area (TPSA) is 115 Å². The first kappa shape index (κ1) is 27.6. The minimum Gasteiger partial charge on any atom is -0.493 e. The summed E-state index contributed by atoms with van der Waals surface area (Å²) < 4.78 is 48.9. The van der Waals surface area contributed by atoms with Gasteiger partial charge in [0.05, 0.1) is 39.4 Å². The molecular weight excluding hydrogens is 486 g/mol. The first-order chi connectivity index (χ1) is 17.0. The lowest BCUT2D eigenvalue weighted by atomic mass is 10.0. The highest BCUT2D eigenvalue weighted by molar-refractivity contribution is 7.89. The molecule has 2 aromatic carbocycles. The number of hydrogen-bond donors (Lipinski definition) is 2. The summed E-state index contributed by atoms with van der Waals surface area (Å²) in [5, 5.41) is 6.22. The number of amides is 1. The van der Waals surface area contributed by atoms with E-state index in [1.54, 1.807) is 24.3 Å². The Kier molecular flexibility index (Phi) is 8.70. The molecule has 1 aliphatic rings. The van der Waals surface area contributed by atoms with Crippen LogP contribution in [0.15, 0.2) is 41.3 Å². The van der Waals surface area contributed by atoms with Gasteiger partial charge in [0.25, 0.3) is 0 Å². The number of carbonyl (C=O) groups excluding carboxylic acids is 1. The van der Waals surface area contributed by atoms with Crippen molar-refractivity contribution in [2.45, 2.75) is 37.2 Å². The van der Waals surface area contributed by atoms with E-state index in [1.165, 1.54) is 37.8 Å². The zero-order valence-electron chi connectivity index (χ0n) is 21.6. The van der Waals surface area contributed by atoms with Crippen molar-refractivity contribution in [3.63, 3.8) is 0 Å². The van der Waals surface area contributed by atoms with E-state index < -0.39 is 21.6 Å². The van der Waals surface area contributed by atoms with E-state index in [9.17, 15) is 13.2 Å². The van der Waals surface area contributed by atoms with Crippen LogP contribution in [0.1, 0.15) is 32.4 Å². The van der Waals surface area contributed by atoms with Gasteiger partial charge in [-0.1, -0.05) is 0 Å². The number of anilines is 1.